The summed E-state index contributed by atoms with van der Waals surface area (Å²) >= 11 is 5.84. The second-order valence-electron chi connectivity index (χ2n) is 2.50. The lowest BCUT2D eigenvalue weighted by Gasteiger charge is -2.05. The zero-order valence-electron chi connectivity index (χ0n) is 7.75. The zero-order valence-corrected chi connectivity index (χ0v) is 8.50. The Morgan fingerprint density at radius 3 is 2.50 bits per heavy atom. The molecule has 12 heavy (non-hydrogen) atoms. The maximum absolute atomic E-state index is 12.8. The van der Waals surface area contributed by atoms with Crippen molar-refractivity contribution < 1.29 is 4.39 Å². The van der Waals surface area contributed by atoms with Crippen molar-refractivity contribution in [2.24, 2.45) is 0 Å². The molecule has 0 spiro atoms. The molecular formula is C9H15ClFN. The van der Waals surface area contributed by atoms with E-state index in [2.05, 4.69) is 5.32 Å². The van der Waals surface area contributed by atoms with Gasteiger partial charge in [-0.1, -0.05) is 24.6 Å². The molecule has 0 rings (SSSR count). The molecule has 0 heterocycles. The van der Waals surface area contributed by atoms with Gasteiger partial charge >= 0.3 is 0 Å². The van der Waals surface area contributed by atoms with Crippen molar-refractivity contribution in [3.05, 3.63) is 22.5 Å². The van der Waals surface area contributed by atoms with E-state index in [0.29, 0.717) is 17.2 Å². The molecule has 0 fully saturated rings. The van der Waals surface area contributed by atoms with Gasteiger partial charge in [-0.05, 0) is 20.4 Å². The van der Waals surface area contributed by atoms with Crippen LogP contribution < -0.4 is 5.32 Å². The van der Waals surface area contributed by atoms with Gasteiger partial charge in [0.25, 0.3) is 0 Å². The predicted molar refractivity (Wildman–Crippen MR) is 52.0 cm³/mol. The summed E-state index contributed by atoms with van der Waals surface area (Å²) in [5.41, 5.74) is 0.543. The average Bonchev–Trinajstić information content (AvgIpc) is 1.99. The van der Waals surface area contributed by atoms with Crippen molar-refractivity contribution in [2.45, 2.75) is 20.3 Å². The number of nitrogens with one attached hydrogen (secondary N) is 1. The minimum Gasteiger partial charge on any atom is -0.316 e. The van der Waals surface area contributed by atoms with Crippen molar-refractivity contribution in [3.63, 3.8) is 0 Å². The molecule has 0 bridgehead atoms. The van der Waals surface area contributed by atoms with Gasteiger partial charge in [-0.15, -0.1) is 0 Å². The Balaban J connectivity index is 4.53. The number of halogens is 2. The summed E-state index contributed by atoms with van der Waals surface area (Å²) in [4.78, 5) is 0. The van der Waals surface area contributed by atoms with Crippen LogP contribution >= 0.6 is 11.6 Å². The highest BCUT2D eigenvalue weighted by Crippen LogP contribution is 2.19. The van der Waals surface area contributed by atoms with Crippen molar-refractivity contribution in [1.82, 2.24) is 5.32 Å². The Morgan fingerprint density at radius 1 is 1.58 bits per heavy atom. The van der Waals surface area contributed by atoms with Crippen LogP contribution in [0.5, 0.6) is 0 Å². The van der Waals surface area contributed by atoms with Crippen LogP contribution in [-0.4, -0.2) is 13.6 Å². The third-order valence-electron chi connectivity index (χ3n) is 1.44. The molecule has 0 aromatic carbocycles. The molecule has 0 unspecified atom stereocenters. The lowest BCUT2D eigenvalue weighted by Crippen LogP contribution is -2.11. The van der Waals surface area contributed by atoms with Crippen LogP contribution in [-0.2, 0) is 0 Å². The molecule has 3 heteroatoms. The Bertz CT molecular complexity index is 193. The summed E-state index contributed by atoms with van der Waals surface area (Å²) in [5, 5.41) is 3.37. The summed E-state index contributed by atoms with van der Waals surface area (Å²) in [6, 6.07) is 0. The summed E-state index contributed by atoms with van der Waals surface area (Å²) in [6.07, 6.45) is 2.62. The summed E-state index contributed by atoms with van der Waals surface area (Å²) in [6.45, 7) is 3.85. The minimum absolute atomic E-state index is 0.223. The normalized spacial score (nSPS) is 14.6. The molecule has 0 aliphatic carbocycles. The Morgan fingerprint density at radius 2 is 2.17 bits per heavy atom. The molecule has 0 radical (unpaired) electrons. The first-order chi connectivity index (χ1) is 5.63. The highest BCUT2D eigenvalue weighted by Gasteiger charge is 2.04. The van der Waals surface area contributed by atoms with Gasteiger partial charge in [0.05, 0.1) is 0 Å². The Kier molecular flexibility index (Phi) is 6.03. The summed E-state index contributed by atoms with van der Waals surface area (Å²) in [7, 11) is 1.76. The summed E-state index contributed by atoms with van der Waals surface area (Å²) < 4.78 is 12.8. The van der Waals surface area contributed by atoms with Crippen LogP contribution in [0, 0.1) is 0 Å². The van der Waals surface area contributed by atoms with Gasteiger partial charge in [-0.2, -0.15) is 0 Å². The number of likely N-dealkylation sites (N-methyl/N-ethyl adjacent to an activating group) is 1. The molecule has 0 aromatic heterocycles. The van der Waals surface area contributed by atoms with Crippen LogP contribution in [0.2, 0.25) is 0 Å². The highest BCUT2D eigenvalue weighted by molar-refractivity contribution is 6.32. The fourth-order valence-electron chi connectivity index (χ4n) is 0.850. The first-order valence-electron chi connectivity index (χ1n) is 3.99. The van der Waals surface area contributed by atoms with Crippen molar-refractivity contribution in [2.75, 3.05) is 13.6 Å². The SMILES string of the molecule is CC/C=C(Cl)\C(CNC)=C(/C)F. The molecule has 0 atom stereocenters. The van der Waals surface area contributed by atoms with Crippen LogP contribution in [0.4, 0.5) is 4.39 Å². The van der Waals surface area contributed by atoms with Gasteiger partial charge in [0.1, 0.15) is 5.83 Å². The molecule has 0 aliphatic heterocycles. The topological polar surface area (TPSA) is 12.0 Å². The van der Waals surface area contributed by atoms with Crippen LogP contribution in [0.1, 0.15) is 20.3 Å². The van der Waals surface area contributed by atoms with Crippen molar-refractivity contribution in [1.29, 1.82) is 0 Å². The molecule has 70 valence electrons. The lowest BCUT2D eigenvalue weighted by atomic mass is 10.2. The molecule has 0 aliphatic rings. The van der Waals surface area contributed by atoms with Crippen molar-refractivity contribution >= 4 is 11.6 Å². The van der Waals surface area contributed by atoms with E-state index in [1.807, 2.05) is 6.92 Å². The molecule has 0 saturated heterocycles. The maximum Gasteiger partial charge on any atom is 0.103 e. The van der Waals surface area contributed by atoms with Crippen molar-refractivity contribution in [3.8, 4) is 0 Å². The molecule has 1 N–H and O–H groups in total. The minimum atomic E-state index is -0.223. The second-order valence-corrected chi connectivity index (χ2v) is 2.91. The van der Waals surface area contributed by atoms with Gasteiger partial charge in [0, 0.05) is 17.2 Å². The van der Waals surface area contributed by atoms with E-state index in [-0.39, 0.29) is 5.83 Å². The van der Waals surface area contributed by atoms with Gasteiger partial charge in [-0.25, -0.2) is 4.39 Å². The first-order valence-corrected chi connectivity index (χ1v) is 4.37. The highest BCUT2D eigenvalue weighted by atomic mass is 35.5. The lowest BCUT2D eigenvalue weighted by molar-refractivity contribution is 0.623. The van der Waals surface area contributed by atoms with Crippen LogP contribution in [0.15, 0.2) is 22.5 Å². The van der Waals surface area contributed by atoms with E-state index in [0.717, 1.165) is 6.42 Å². The Hall–Kier alpha value is -0.340. The molecule has 1 nitrogen and oxygen atoms in total. The number of hydrogen-bond acceptors (Lipinski definition) is 1. The predicted octanol–water partition coefficient (Wildman–Crippen LogP) is 2.98. The first kappa shape index (κ1) is 11.7. The van der Waals surface area contributed by atoms with Crippen LogP contribution in [0.3, 0.4) is 0 Å². The monoisotopic (exact) mass is 191 g/mol. The summed E-state index contributed by atoms with van der Waals surface area (Å²) in [5.74, 6) is -0.223. The zero-order chi connectivity index (χ0) is 9.56. The number of rotatable bonds is 4. The van der Waals surface area contributed by atoms with E-state index in [9.17, 15) is 4.39 Å². The smallest absolute Gasteiger partial charge is 0.103 e. The van der Waals surface area contributed by atoms with Gasteiger partial charge < -0.3 is 5.32 Å². The third kappa shape index (κ3) is 3.88. The largest absolute Gasteiger partial charge is 0.316 e. The quantitative estimate of drug-likeness (QED) is 0.674. The number of hydrogen-bond donors (Lipinski definition) is 1. The van der Waals surface area contributed by atoms with E-state index in [1.54, 1.807) is 13.1 Å². The second kappa shape index (κ2) is 6.21. The van der Waals surface area contributed by atoms with E-state index in [1.165, 1.54) is 6.92 Å². The van der Waals surface area contributed by atoms with Crippen LogP contribution in [0.25, 0.3) is 0 Å². The third-order valence-corrected chi connectivity index (χ3v) is 1.82. The van der Waals surface area contributed by atoms with E-state index < -0.39 is 0 Å². The molecule has 0 saturated carbocycles. The maximum atomic E-state index is 12.8. The molecule has 0 amide bonds. The number of allylic oxidation sites excluding steroid dienone is 2. The fraction of sp³-hybridized carbons (Fsp3) is 0.556. The van der Waals surface area contributed by atoms with E-state index in [4.69, 9.17) is 11.6 Å². The van der Waals surface area contributed by atoms with E-state index >= 15 is 0 Å². The molecule has 0 aromatic rings. The Labute approximate surface area is 78.3 Å². The van der Waals surface area contributed by atoms with Gasteiger partial charge in [0.2, 0.25) is 0 Å². The average molecular weight is 192 g/mol. The standard InChI is InChI=1S/C9H15ClFN/c1-4-5-9(10)8(6-12-3)7(2)11/h5,12H,4,6H2,1-3H3/b8-7+,9-5+. The van der Waals surface area contributed by atoms with Gasteiger partial charge in [-0.3, -0.25) is 0 Å². The molecular weight excluding hydrogens is 177 g/mol. The fourth-order valence-corrected chi connectivity index (χ4v) is 1.20. The van der Waals surface area contributed by atoms with Gasteiger partial charge in [0.15, 0.2) is 0 Å².